The van der Waals surface area contributed by atoms with Gasteiger partial charge in [0.1, 0.15) is 6.61 Å². The molecule has 0 radical (unpaired) electrons. The van der Waals surface area contributed by atoms with Crippen LogP contribution in [0.3, 0.4) is 0 Å². The van der Waals surface area contributed by atoms with E-state index in [1.54, 1.807) is 0 Å². The molecular formula is C25H23N3O6. The van der Waals surface area contributed by atoms with E-state index in [0.717, 1.165) is 28.7 Å². The van der Waals surface area contributed by atoms with Gasteiger partial charge >= 0.3 is 12.1 Å². The van der Waals surface area contributed by atoms with Crippen molar-refractivity contribution in [3.8, 4) is 11.1 Å². The number of carboxylic acids is 1. The van der Waals surface area contributed by atoms with Gasteiger partial charge in [-0.3, -0.25) is 14.9 Å². The standard InChI is InChI=1S/C25H23N3O6/c29-22(26-14-25(23(30)31)10-5-11-25)20-12-21(34-28-20)27-24(32)33-13-19-17-8-3-1-6-15(17)16-7-2-4-9-18(16)19/h1-4,6-9,12,19H,5,10-11,13-14H2,(H,26,29)(H,27,32)(H,30,31). The van der Waals surface area contributed by atoms with Crippen molar-refractivity contribution < 1.29 is 28.8 Å². The maximum atomic E-state index is 12.4. The highest BCUT2D eigenvalue weighted by molar-refractivity contribution is 5.94. The van der Waals surface area contributed by atoms with Gasteiger partial charge in [0.15, 0.2) is 5.69 Å². The van der Waals surface area contributed by atoms with Crippen molar-refractivity contribution in [2.45, 2.75) is 25.2 Å². The summed E-state index contributed by atoms with van der Waals surface area (Å²) in [6.45, 7) is 0.155. The monoisotopic (exact) mass is 461 g/mol. The first-order chi connectivity index (χ1) is 16.5. The molecule has 34 heavy (non-hydrogen) atoms. The number of amides is 2. The molecule has 0 atom stereocenters. The van der Waals surface area contributed by atoms with E-state index < -0.39 is 23.4 Å². The molecule has 0 aliphatic heterocycles. The maximum absolute atomic E-state index is 12.4. The summed E-state index contributed by atoms with van der Waals surface area (Å²) in [5.41, 5.74) is 3.48. The third-order valence-corrected chi connectivity index (χ3v) is 6.66. The van der Waals surface area contributed by atoms with Crippen molar-refractivity contribution >= 4 is 23.9 Å². The molecule has 0 saturated heterocycles. The van der Waals surface area contributed by atoms with Crippen molar-refractivity contribution in [1.82, 2.24) is 10.5 Å². The van der Waals surface area contributed by atoms with Gasteiger partial charge in [-0.25, -0.2) is 4.79 Å². The lowest BCUT2D eigenvalue weighted by atomic mass is 9.69. The molecule has 0 unspecified atom stereocenters. The van der Waals surface area contributed by atoms with Crippen molar-refractivity contribution in [1.29, 1.82) is 0 Å². The first-order valence-electron chi connectivity index (χ1n) is 11.1. The molecule has 1 heterocycles. The highest BCUT2D eigenvalue weighted by Crippen LogP contribution is 2.44. The van der Waals surface area contributed by atoms with E-state index in [2.05, 4.69) is 27.9 Å². The second-order valence-corrected chi connectivity index (χ2v) is 8.65. The second-order valence-electron chi connectivity index (χ2n) is 8.65. The number of carbonyl (C=O) groups excluding carboxylic acids is 2. The summed E-state index contributed by atoms with van der Waals surface area (Å²) >= 11 is 0. The number of fused-ring (bicyclic) bond motifs is 3. The summed E-state index contributed by atoms with van der Waals surface area (Å²) in [7, 11) is 0. The van der Waals surface area contributed by atoms with Gasteiger partial charge in [-0.2, -0.15) is 0 Å². The van der Waals surface area contributed by atoms with Crippen LogP contribution >= 0.6 is 0 Å². The number of carboxylic acid groups (broad SMARTS) is 1. The van der Waals surface area contributed by atoms with E-state index >= 15 is 0 Å². The Labute approximate surface area is 195 Å². The van der Waals surface area contributed by atoms with E-state index in [1.807, 2.05) is 36.4 Å². The van der Waals surface area contributed by atoms with Crippen LogP contribution in [0.2, 0.25) is 0 Å². The minimum absolute atomic E-state index is 0.0170. The van der Waals surface area contributed by atoms with Gasteiger partial charge in [0, 0.05) is 18.5 Å². The second kappa shape index (κ2) is 8.66. The number of nitrogens with zero attached hydrogens (tertiary/aromatic N) is 1. The lowest BCUT2D eigenvalue weighted by Crippen LogP contribution is -2.47. The number of rotatable bonds is 7. The Kier molecular flexibility index (Phi) is 5.53. The van der Waals surface area contributed by atoms with E-state index in [0.29, 0.717) is 12.8 Å². The molecule has 1 aromatic heterocycles. The van der Waals surface area contributed by atoms with E-state index in [1.165, 1.54) is 6.07 Å². The van der Waals surface area contributed by atoms with Crippen LogP contribution in [-0.4, -0.2) is 41.4 Å². The summed E-state index contributed by atoms with van der Waals surface area (Å²) in [6, 6.07) is 17.3. The molecule has 1 fully saturated rings. The van der Waals surface area contributed by atoms with Crippen LogP contribution in [0.1, 0.15) is 46.8 Å². The number of carbonyl (C=O) groups is 3. The smallest absolute Gasteiger partial charge is 0.414 e. The third-order valence-electron chi connectivity index (χ3n) is 6.66. The molecule has 5 rings (SSSR count). The Hall–Kier alpha value is -4.14. The molecule has 3 aromatic rings. The van der Waals surface area contributed by atoms with Gasteiger partial charge in [-0.1, -0.05) is 60.1 Å². The Bertz CT molecular complexity index is 1220. The number of hydrogen-bond acceptors (Lipinski definition) is 6. The number of aromatic nitrogens is 1. The molecule has 174 valence electrons. The lowest BCUT2D eigenvalue weighted by molar-refractivity contribution is -0.153. The first kappa shape index (κ1) is 21.7. The number of aliphatic carboxylic acids is 1. The Morgan fingerprint density at radius 1 is 1.06 bits per heavy atom. The fraction of sp³-hybridized carbons (Fsp3) is 0.280. The van der Waals surface area contributed by atoms with E-state index in [9.17, 15) is 19.5 Å². The molecule has 2 amide bonds. The number of ether oxygens (including phenoxy) is 1. The highest BCUT2D eigenvalue weighted by Gasteiger charge is 2.44. The number of hydrogen-bond donors (Lipinski definition) is 3. The molecule has 2 aliphatic carbocycles. The molecule has 0 spiro atoms. The van der Waals surface area contributed by atoms with Crippen LogP contribution in [0.5, 0.6) is 0 Å². The fourth-order valence-corrected chi connectivity index (χ4v) is 4.59. The van der Waals surface area contributed by atoms with Gasteiger partial charge in [0.05, 0.1) is 5.41 Å². The zero-order valence-electron chi connectivity index (χ0n) is 18.2. The van der Waals surface area contributed by atoms with Crippen LogP contribution < -0.4 is 10.6 Å². The van der Waals surface area contributed by atoms with E-state index in [-0.39, 0.29) is 30.6 Å². The quantitative estimate of drug-likeness (QED) is 0.484. The topological polar surface area (TPSA) is 131 Å². The molecule has 9 nitrogen and oxygen atoms in total. The molecular weight excluding hydrogens is 438 g/mol. The van der Waals surface area contributed by atoms with Gasteiger partial charge in [-0.15, -0.1) is 0 Å². The van der Waals surface area contributed by atoms with Gasteiger partial charge in [-0.05, 0) is 35.1 Å². The minimum Gasteiger partial charge on any atom is -0.481 e. The van der Waals surface area contributed by atoms with Crippen LogP contribution in [0.4, 0.5) is 10.7 Å². The molecule has 2 aromatic carbocycles. The summed E-state index contributed by atoms with van der Waals surface area (Å²) in [5, 5.41) is 18.0. The fourth-order valence-electron chi connectivity index (χ4n) is 4.59. The van der Waals surface area contributed by atoms with Crippen molar-refractivity contribution in [2.24, 2.45) is 5.41 Å². The zero-order chi connectivity index (χ0) is 23.7. The predicted molar refractivity (Wildman–Crippen MR) is 121 cm³/mol. The molecule has 9 heteroatoms. The Balaban J connectivity index is 1.17. The highest BCUT2D eigenvalue weighted by atomic mass is 16.6. The van der Waals surface area contributed by atoms with Crippen molar-refractivity contribution in [3.63, 3.8) is 0 Å². The summed E-state index contributed by atoms with van der Waals surface area (Å²) in [5.74, 6) is -1.62. The molecule has 3 N–H and O–H groups in total. The van der Waals surface area contributed by atoms with Crippen LogP contribution in [0.15, 0.2) is 59.1 Å². The van der Waals surface area contributed by atoms with Crippen LogP contribution in [-0.2, 0) is 9.53 Å². The van der Waals surface area contributed by atoms with Gasteiger partial charge < -0.3 is 19.7 Å². The SMILES string of the molecule is O=C(Nc1cc(C(=O)NCC2(C(=O)O)CCC2)no1)OCC1c2ccccc2-c2ccccc21. The third kappa shape index (κ3) is 3.89. The number of anilines is 1. The normalized spacial score (nSPS) is 15.5. The predicted octanol–water partition coefficient (Wildman–Crippen LogP) is 4.02. The average Bonchev–Trinajstić information content (AvgIpc) is 3.39. The summed E-state index contributed by atoms with van der Waals surface area (Å²) in [4.78, 5) is 36.1. The summed E-state index contributed by atoms with van der Waals surface area (Å²) < 4.78 is 10.5. The largest absolute Gasteiger partial charge is 0.481 e. The molecule has 0 bridgehead atoms. The minimum atomic E-state index is -0.920. The maximum Gasteiger partial charge on any atom is 0.414 e. The number of benzene rings is 2. The van der Waals surface area contributed by atoms with Crippen LogP contribution in [0.25, 0.3) is 11.1 Å². The van der Waals surface area contributed by atoms with Gasteiger partial charge in [0.25, 0.3) is 5.91 Å². The first-order valence-corrected chi connectivity index (χ1v) is 11.1. The average molecular weight is 461 g/mol. The molecule has 1 saturated carbocycles. The lowest BCUT2D eigenvalue weighted by Gasteiger charge is -2.37. The number of nitrogens with one attached hydrogen (secondary N) is 2. The van der Waals surface area contributed by atoms with Crippen molar-refractivity contribution in [3.05, 3.63) is 71.4 Å². The summed E-state index contributed by atoms with van der Waals surface area (Å²) in [6.07, 6.45) is 1.14. The van der Waals surface area contributed by atoms with E-state index in [4.69, 9.17) is 9.26 Å². The Morgan fingerprint density at radius 3 is 2.29 bits per heavy atom. The zero-order valence-corrected chi connectivity index (χ0v) is 18.2. The Morgan fingerprint density at radius 2 is 1.71 bits per heavy atom. The van der Waals surface area contributed by atoms with Gasteiger partial charge in [0.2, 0.25) is 5.88 Å². The van der Waals surface area contributed by atoms with Crippen molar-refractivity contribution in [2.75, 3.05) is 18.5 Å². The molecule has 2 aliphatic rings. The van der Waals surface area contributed by atoms with Crippen LogP contribution in [0, 0.1) is 5.41 Å².